The van der Waals surface area contributed by atoms with Gasteiger partial charge in [0.25, 0.3) is 0 Å². The lowest BCUT2D eigenvalue weighted by Gasteiger charge is -2.08. The van der Waals surface area contributed by atoms with Crippen LogP contribution in [-0.2, 0) is 9.59 Å². The van der Waals surface area contributed by atoms with Gasteiger partial charge >= 0.3 is 5.97 Å². The molecule has 0 saturated heterocycles. The second kappa shape index (κ2) is 3.87. The quantitative estimate of drug-likeness (QED) is 0.588. The Kier molecular flexibility index (Phi) is 2.73. The van der Waals surface area contributed by atoms with Gasteiger partial charge in [0.1, 0.15) is 6.04 Å². The molecular weight excluding hydrogens is 134 g/mol. The van der Waals surface area contributed by atoms with Crippen molar-refractivity contribution in [2.45, 2.75) is 26.3 Å². The van der Waals surface area contributed by atoms with E-state index in [0.29, 0.717) is 6.42 Å². The van der Waals surface area contributed by atoms with Gasteiger partial charge in [-0.1, -0.05) is 6.92 Å². The summed E-state index contributed by atoms with van der Waals surface area (Å²) in [4.78, 5) is 20.8. The summed E-state index contributed by atoms with van der Waals surface area (Å²) in [5.41, 5.74) is 0. The number of carboxylic acid groups (broad SMARTS) is 1. The summed E-state index contributed by atoms with van der Waals surface area (Å²) in [6, 6.07) is -0.854. The zero-order chi connectivity index (χ0) is 8.85. The molecule has 0 rings (SSSR count). The van der Waals surface area contributed by atoms with Gasteiger partial charge in [-0.3, -0.25) is 4.79 Å². The summed E-state index contributed by atoms with van der Waals surface area (Å²) >= 11 is 0. The van der Waals surface area contributed by atoms with Gasteiger partial charge in [-0.2, -0.15) is 0 Å². The predicted molar refractivity (Wildman–Crippen MR) is 35.5 cm³/mol. The summed E-state index contributed by atoms with van der Waals surface area (Å²) in [5.74, 6) is -1.62. The third-order valence-electron chi connectivity index (χ3n) is 1.04. The van der Waals surface area contributed by atoms with Crippen molar-refractivity contribution in [3.63, 3.8) is 0 Å². The van der Waals surface area contributed by atoms with Crippen molar-refractivity contribution in [1.29, 1.82) is 0 Å². The van der Waals surface area contributed by atoms with Crippen LogP contribution in [0.4, 0.5) is 0 Å². The molecule has 0 aromatic heterocycles. The van der Waals surface area contributed by atoms with Crippen LogP contribution in [-0.4, -0.2) is 23.0 Å². The molecule has 0 bridgehead atoms. The van der Waals surface area contributed by atoms with E-state index in [4.69, 9.17) is 6.48 Å². The minimum Gasteiger partial charge on any atom is -0.480 e. The van der Waals surface area contributed by atoms with Crippen molar-refractivity contribution in [2.75, 3.05) is 0 Å². The van der Waals surface area contributed by atoms with Crippen LogP contribution in [0.5, 0.6) is 0 Å². The van der Waals surface area contributed by atoms with Crippen LogP contribution in [0.15, 0.2) is 0 Å². The van der Waals surface area contributed by atoms with Crippen LogP contribution in [0, 0.1) is 0 Å². The van der Waals surface area contributed by atoms with Gasteiger partial charge in [-0.15, -0.1) is 0 Å². The van der Waals surface area contributed by atoms with Gasteiger partial charge in [0.05, 0.1) is 0 Å². The van der Waals surface area contributed by atoms with Gasteiger partial charge in [-0.05, 0) is 6.42 Å². The number of hydrogen-bond donors (Lipinski definition) is 2. The minimum atomic E-state index is -1.06. The Morgan fingerprint density at radius 2 is 2.40 bits per heavy atom. The number of carboxylic acids is 1. The summed E-state index contributed by atoms with van der Waals surface area (Å²) < 4.78 is 6.61. The highest BCUT2D eigenvalue weighted by Crippen LogP contribution is 1.89. The molecular formula is C6H11NO3. The Labute approximate surface area is 60.6 Å². The molecule has 4 heteroatoms. The molecule has 0 heterocycles. The maximum Gasteiger partial charge on any atom is 0.326 e. The van der Waals surface area contributed by atoms with Crippen LogP contribution < -0.4 is 5.32 Å². The fourth-order valence-corrected chi connectivity index (χ4v) is 0.533. The smallest absolute Gasteiger partial charge is 0.326 e. The van der Waals surface area contributed by atoms with Crippen molar-refractivity contribution in [3.05, 3.63) is 0 Å². The van der Waals surface area contributed by atoms with Crippen LogP contribution in [0.1, 0.15) is 21.6 Å². The number of amides is 1. The molecule has 0 saturated carbocycles. The summed E-state index contributed by atoms with van der Waals surface area (Å²) in [6.45, 7) is 1.23. The van der Waals surface area contributed by atoms with Gasteiger partial charge in [0.2, 0.25) is 5.91 Å². The van der Waals surface area contributed by atoms with Gasteiger partial charge < -0.3 is 10.4 Å². The molecule has 0 aliphatic rings. The molecule has 0 fully saturated rings. The molecule has 4 nitrogen and oxygen atoms in total. The SMILES string of the molecule is [2H]CC(=O)NC(CC)C(=O)O. The van der Waals surface area contributed by atoms with Crippen LogP contribution >= 0.6 is 0 Å². The third-order valence-corrected chi connectivity index (χ3v) is 1.04. The molecule has 2 N–H and O–H groups in total. The van der Waals surface area contributed by atoms with Crippen LogP contribution in [0.25, 0.3) is 0 Å². The molecule has 58 valence electrons. The van der Waals surface area contributed by atoms with E-state index >= 15 is 0 Å². The maximum absolute atomic E-state index is 10.5. The van der Waals surface area contributed by atoms with Gasteiger partial charge in [0, 0.05) is 8.27 Å². The van der Waals surface area contributed by atoms with Crippen LogP contribution in [0.2, 0.25) is 0 Å². The van der Waals surface area contributed by atoms with E-state index < -0.39 is 24.8 Å². The summed E-state index contributed by atoms with van der Waals surface area (Å²) in [6.07, 6.45) is 0.334. The Balaban J connectivity index is 3.88. The van der Waals surface area contributed by atoms with Gasteiger partial charge in [0.15, 0.2) is 0 Å². The highest BCUT2D eigenvalue weighted by atomic mass is 16.4. The number of hydrogen-bond acceptors (Lipinski definition) is 2. The standard InChI is InChI=1S/C6H11NO3/c1-3-5(6(9)10)7-4(2)8/h5H,3H2,1-2H3,(H,7,8)(H,9,10)/i2D. The van der Waals surface area contributed by atoms with E-state index in [1.54, 1.807) is 6.92 Å². The van der Waals surface area contributed by atoms with E-state index in [1.165, 1.54) is 0 Å². The third kappa shape index (κ3) is 3.06. The molecule has 0 aromatic rings. The molecule has 0 radical (unpaired) electrons. The first-order valence-electron chi connectivity index (χ1n) is 3.64. The first-order chi connectivity index (χ1) is 5.11. The maximum atomic E-state index is 10.5. The normalized spacial score (nSPS) is 13.5. The molecule has 0 aliphatic carbocycles. The highest BCUT2D eigenvalue weighted by molar-refractivity contribution is 5.81. The molecule has 1 amide bonds. The minimum absolute atomic E-state index is 0.334. The summed E-state index contributed by atoms with van der Waals surface area (Å²) in [5, 5.41) is 10.6. The fourth-order valence-electron chi connectivity index (χ4n) is 0.533. The largest absolute Gasteiger partial charge is 0.480 e. The lowest BCUT2D eigenvalue weighted by Crippen LogP contribution is -2.38. The number of carbonyl (C=O) groups is 2. The topological polar surface area (TPSA) is 66.4 Å². The number of aliphatic carboxylic acids is 1. The van der Waals surface area contributed by atoms with E-state index in [2.05, 4.69) is 5.32 Å². The second-order valence-corrected chi connectivity index (χ2v) is 1.87. The molecule has 0 aromatic carbocycles. The zero-order valence-electron chi connectivity index (χ0n) is 6.76. The molecule has 1 unspecified atom stereocenters. The molecule has 1 atom stereocenters. The van der Waals surface area contributed by atoms with Gasteiger partial charge in [-0.25, -0.2) is 4.79 Å². The second-order valence-electron chi connectivity index (χ2n) is 1.87. The fraction of sp³-hybridized carbons (Fsp3) is 0.667. The van der Waals surface area contributed by atoms with Crippen molar-refractivity contribution in [2.24, 2.45) is 0 Å². The molecule has 10 heavy (non-hydrogen) atoms. The first kappa shape index (κ1) is 7.05. The average molecular weight is 146 g/mol. The molecule has 0 aliphatic heterocycles. The number of carbonyl (C=O) groups excluding carboxylic acids is 1. The molecule has 0 spiro atoms. The van der Waals surface area contributed by atoms with Crippen molar-refractivity contribution < 1.29 is 16.1 Å². The summed E-state index contributed by atoms with van der Waals surface area (Å²) in [7, 11) is 0. The monoisotopic (exact) mass is 146 g/mol. The zero-order valence-corrected chi connectivity index (χ0v) is 5.76. The van der Waals surface area contributed by atoms with E-state index in [9.17, 15) is 9.59 Å². The van der Waals surface area contributed by atoms with E-state index in [0.717, 1.165) is 0 Å². The lowest BCUT2D eigenvalue weighted by atomic mass is 10.2. The Morgan fingerprint density at radius 1 is 1.80 bits per heavy atom. The predicted octanol–water partition coefficient (Wildman–Crippen LogP) is -0.0143. The number of rotatable bonds is 3. The first-order valence-corrected chi connectivity index (χ1v) is 2.93. The Bertz CT molecular complexity index is 160. The van der Waals surface area contributed by atoms with E-state index in [1.807, 2.05) is 0 Å². The van der Waals surface area contributed by atoms with Crippen molar-refractivity contribution >= 4 is 11.9 Å². The van der Waals surface area contributed by atoms with Crippen molar-refractivity contribution in [1.82, 2.24) is 5.32 Å². The lowest BCUT2D eigenvalue weighted by molar-refractivity contribution is -0.141. The van der Waals surface area contributed by atoms with Crippen LogP contribution in [0.3, 0.4) is 0 Å². The highest BCUT2D eigenvalue weighted by Gasteiger charge is 2.14. The average Bonchev–Trinajstić information content (AvgIpc) is 1.99. The Hall–Kier alpha value is -1.06. The number of nitrogens with one attached hydrogen (secondary N) is 1. The van der Waals surface area contributed by atoms with Crippen molar-refractivity contribution in [3.8, 4) is 0 Å². The Morgan fingerprint density at radius 3 is 2.70 bits per heavy atom. The van der Waals surface area contributed by atoms with E-state index in [-0.39, 0.29) is 0 Å².